The predicted octanol–water partition coefficient (Wildman–Crippen LogP) is 3.00. The molecule has 0 radical (unpaired) electrons. The Bertz CT molecular complexity index is 556. The molecule has 0 unspecified atom stereocenters. The maximum Gasteiger partial charge on any atom is 0.148 e. The van der Waals surface area contributed by atoms with Crippen molar-refractivity contribution in [1.29, 1.82) is 0 Å². The first-order valence-corrected chi connectivity index (χ1v) is 7.75. The number of benzene rings is 1. The Kier molecular flexibility index (Phi) is 4.46. The van der Waals surface area contributed by atoms with Crippen molar-refractivity contribution in [2.24, 2.45) is 5.73 Å². The molecule has 1 heterocycles. The van der Waals surface area contributed by atoms with Crippen LogP contribution in [0.4, 0.5) is 5.82 Å². The average Bonchev–Trinajstić information content (AvgIpc) is 3.02. The van der Waals surface area contributed by atoms with E-state index in [9.17, 15) is 0 Å². The molecule has 3 rings (SSSR count). The minimum Gasteiger partial charge on any atom is -0.366 e. The van der Waals surface area contributed by atoms with Gasteiger partial charge >= 0.3 is 0 Å². The monoisotopic (exact) mass is 282 g/mol. The van der Waals surface area contributed by atoms with E-state index in [1.54, 1.807) is 0 Å². The van der Waals surface area contributed by atoms with Gasteiger partial charge in [0.05, 0.1) is 5.69 Å². The lowest BCUT2D eigenvalue weighted by Gasteiger charge is -2.12. The maximum absolute atomic E-state index is 5.56. The van der Waals surface area contributed by atoms with E-state index in [1.165, 1.54) is 31.2 Å². The molecular formula is C17H22N4. The molecule has 0 spiro atoms. The molecule has 1 saturated carbocycles. The standard InChI is InChI=1S/C17H22N4/c18-12-11-13-5-7-14(8-6-13)16-9-10-17(21-20-16)19-15-3-1-2-4-15/h5-10,15H,1-4,11-12,18H2,(H,19,21). The lowest BCUT2D eigenvalue weighted by atomic mass is 10.1. The third kappa shape index (κ3) is 3.58. The fourth-order valence-corrected chi connectivity index (χ4v) is 2.85. The lowest BCUT2D eigenvalue weighted by molar-refractivity contribution is 0.746. The van der Waals surface area contributed by atoms with Crippen molar-refractivity contribution >= 4 is 5.82 Å². The quantitative estimate of drug-likeness (QED) is 0.885. The van der Waals surface area contributed by atoms with Crippen molar-refractivity contribution < 1.29 is 0 Å². The molecule has 0 amide bonds. The highest BCUT2D eigenvalue weighted by Gasteiger charge is 2.15. The predicted molar refractivity (Wildman–Crippen MR) is 86.1 cm³/mol. The fraction of sp³-hybridized carbons (Fsp3) is 0.412. The van der Waals surface area contributed by atoms with Crippen LogP contribution < -0.4 is 11.1 Å². The van der Waals surface area contributed by atoms with Crippen LogP contribution >= 0.6 is 0 Å². The van der Waals surface area contributed by atoms with Crippen LogP contribution in [0, 0.1) is 0 Å². The highest BCUT2D eigenvalue weighted by atomic mass is 15.2. The summed E-state index contributed by atoms with van der Waals surface area (Å²) in [5.41, 5.74) is 8.82. The van der Waals surface area contributed by atoms with Crippen LogP contribution in [-0.2, 0) is 6.42 Å². The highest BCUT2D eigenvalue weighted by Crippen LogP contribution is 2.22. The number of hydrogen-bond donors (Lipinski definition) is 2. The number of hydrogen-bond acceptors (Lipinski definition) is 4. The van der Waals surface area contributed by atoms with Crippen molar-refractivity contribution in [2.75, 3.05) is 11.9 Å². The van der Waals surface area contributed by atoms with E-state index in [0.29, 0.717) is 12.6 Å². The molecule has 1 aliphatic rings. The summed E-state index contributed by atoms with van der Waals surface area (Å²) in [4.78, 5) is 0. The second kappa shape index (κ2) is 6.68. The van der Waals surface area contributed by atoms with Gasteiger partial charge in [0, 0.05) is 11.6 Å². The Morgan fingerprint density at radius 3 is 2.38 bits per heavy atom. The lowest BCUT2D eigenvalue weighted by Crippen LogP contribution is -2.15. The largest absolute Gasteiger partial charge is 0.366 e. The van der Waals surface area contributed by atoms with Crippen molar-refractivity contribution in [1.82, 2.24) is 10.2 Å². The van der Waals surface area contributed by atoms with Crippen molar-refractivity contribution in [3.63, 3.8) is 0 Å². The molecule has 1 aromatic carbocycles. The van der Waals surface area contributed by atoms with E-state index in [-0.39, 0.29) is 0 Å². The normalized spacial score (nSPS) is 15.3. The Balaban J connectivity index is 1.68. The van der Waals surface area contributed by atoms with E-state index in [2.05, 4.69) is 39.8 Å². The first kappa shape index (κ1) is 14.0. The van der Waals surface area contributed by atoms with E-state index >= 15 is 0 Å². The first-order valence-electron chi connectivity index (χ1n) is 7.75. The van der Waals surface area contributed by atoms with Crippen LogP contribution in [0.2, 0.25) is 0 Å². The summed E-state index contributed by atoms with van der Waals surface area (Å²) in [6.07, 6.45) is 6.03. The van der Waals surface area contributed by atoms with Gasteiger partial charge in [-0.2, -0.15) is 0 Å². The van der Waals surface area contributed by atoms with Gasteiger partial charge in [0.15, 0.2) is 0 Å². The third-order valence-corrected chi connectivity index (χ3v) is 4.05. The molecule has 0 bridgehead atoms. The first-order chi connectivity index (χ1) is 10.3. The Morgan fingerprint density at radius 2 is 1.76 bits per heavy atom. The minimum absolute atomic E-state index is 0.570. The van der Waals surface area contributed by atoms with Gasteiger partial charge in [0.25, 0.3) is 0 Å². The highest BCUT2D eigenvalue weighted by molar-refractivity contribution is 5.60. The Labute approximate surface area is 125 Å². The van der Waals surface area contributed by atoms with Crippen LogP contribution in [0.15, 0.2) is 36.4 Å². The molecule has 4 heteroatoms. The number of anilines is 1. The summed E-state index contributed by atoms with van der Waals surface area (Å²) in [6, 6.07) is 13.0. The zero-order valence-corrected chi connectivity index (χ0v) is 12.3. The molecule has 4 nitrogen and oxygen atoms in total. The number of nitrogens with two attached hydrogens (primary N) is 1. The van der Waals surface area contributed by atoms with Gasteiger partial charge < -0.3 is 11.1 Å². The van der Waals surface area contributed by atoms with Crippen molar-refractivity contribution in [3.05, 3.63) is 42.0 Å². The smallest absolute Gasteiger partial charge is 0.148 e. The molecule has 1 aliphatic carbocycles. The minimum atomic E-state index is 0.570. The SMILES string of the molecule is NCCc1ccc(-c2ccc(NC3CCCC3)nn2)cc1. The third-order valence-electron chi connectivity index (χ3n) is 4.05. The van der Waals surface area contributed by atoms with Gasteiger partial charge in [0.1, 0.15) is 5.82 Å². The summed E-state index contributed by atoms with van der Waals surface area (Å²) >= 11 is 0. The van der Waals surface area contributed by atoms with Crippen molar-refractivity contribution in [3.8, 4) is 11.3 Å². The zero-order chi connectivity index (χ0) is 14.5. The van der Waals surface area contributed by atoms with Crippen molar-refractivity contribution in [2.45, 2.75) is 38.1 Å². The second-order valence-corrected chi connectivity index (χ2v) is 5.67. The molecule has 0 atom stereocenters. The summed E-state index contributed by atoms with van der Waals surface area (Å²) in [5.74, 6) is 0.880. The topological polar surface area (TPSA) is 63.8 Å². The molecular weight excluding hydrogens is 260 g/mol. The van der Waals surface area contributed by atoms with E-state index in [4.69, 9.17) is 5.73 Å². The average molecular weight is 282 g/mol. The van der Waals surface area contributed by atoms with Crippen LogP contribution in [-0.4, -0.2) is 22.8 Å². The molecule has 3 N–H and O–H groups in total. The molecule has 0 aliphatic heterocycles. The summed E-state index contributed by atoms with van der Waals surface area (Å²) in [7, 11) is 0. The number of aromatic nitrogens is 2. The van der Waals surface area contributed by atoms with Gasteiger partial charge in [-0.15, -0.1) is 10.2 Å². The van der Waals surface area contributed by atoms with E-state index in [0.717, 1.165) is 23.5 Å². The molecule has 0 saturated heterocycles. The molecule has 21 heavy (non-hydrogen) atoms. The molecule has 110 valence electrons. The second-order valence-electron chi connectivity index (χ2n) is 5.67. The van der Waals surface area contributed by atoms with Crippen LogP contribution in [0.1, 0.15) is 31.2 Å². The van der Waals surface area contributed by atoms with E-state index < -0.39 is 0 Å². The number of rotatable bonds is 5. The van der Waals surface area contributed by atoms with Gasteiger partial charge in [-0.05, 0) is 43.5 Å². The van der Waals surface area contributed by atoms with Gasteiger partial charge in [-0.3, -0.25) is 0 Å². The Morgan fingerprint density at radius 1 is 1.00 bits per heavy atom. The Hall–Kier alpha value is -1.94. The molecule has 1 aromatic heterocycles. The maximum atomic E-state index is 5.56. The fourth-order valence-electron chi connectivity index (χ4n) is 2.85. The van der Waals surface area contributed by atoms with Crippen LogP contribution in [0.25, 0.3) is 11.3 Å². The molecule has 2 aromatic rings. The number of nitrogens with zero attached hydrogens (tertiary/aromatic N) is 2. The van der Waals surface area contributed by atoms with Gasteiger partial charge in [-0.1, -0.05) is 37.1 Å². The van der Waals surface area contributed by atoms with Gasteiger partial charge in [-0.25, -0.2) is 0 Å². The number of nitrogens with one attached hydrogen (secondary N) is 1. The summed E-state index contributed by atoms with van der Waals surface area (Å²) < 4.78 is 0. The van der Waals surface area contributed by atoms with Gasteiger partial charge in [0.2, 0.25) is 0 Å². The summed E-state index contributed by atoms with van der Waals surface area (Å²) in [6.45, 7) is 0.681. The molecule has 1 fully saturated rings. The summed E-state index contributed by atoms with van der Waals surface area (Å²) in [5, 5.41) is 12.1. The zero-order valence-electron chi connectivity index (χ0n) is 12.3. The van der Waals surface area contributed by atoms with E-state index in [1.807, 2.05) is 12.1 Å². The van der Waals surface area contributed by atoms with Crippen LogP contribution in [0.5, 0.6) is 0 Å². The van der Waals surface area contributed by atoms with Crippen LogP contribution in [0.3, 0.4) is 0 Å².